The minimum absolute atomic E-state index is 0.0775. The van der Waals surface area contributed by atoms with Gasteiger partial charge in [0, 0.05) is 23.3 Å². The lowest BCUT2D eigenvalue weighted by molar-refractivity contribution is 0.102. The van der Waals surface area contributed by atoms with E-state index in [1.807, 2.05) is 13.8 Å². The Morgan fingerprint density at radius 2 is 2.00 bits per heavy atom. The van der Waals surface area contributed by atoms with Crippen LogP contribution >= 0.6 is 11.6 Å². The van der Waals surface area contributed by atoms with Crippen molar-refractivity contribution >= 4 is 33.2 Å². The quantitative estimate of drug-likeness (QED) is 0.714. The van der Waals surface area contributed by atoms with Gasteiger partial charge < -0.3 is 5.32 Å². The molecule has 1 amide bonds. The molecule has 1 heterocycles. The molecular weight excluding hydrogens is 415 g/mol. The average molecular weight is 439 g/mol. The van der Waals surface area contributed by atoms with Gasteiger partial charge in [-0.05, 0) is 62.1 Å². The number of halogens is 2. The first-order valence-electron chi connectivity index (χ1n) is 9.63. The lowest BCUT2D eigenvalue weighted by Crippen LogP contribution is -2.43. The van der Waals surface area contributed by atoms with E-state index in [0.29, 0.717) is 23.7 Å². The Labute approximate surface area is 175 Å². The molecule has 8 heteroatoms. The maximum absolute atomic E-state index is 14.3. The highest BCUT2D eigenvalue weighted by atomic mass is 35.5. The van der Waals surface area contributed by atoms with Gasteiger partial charge in [-0.1, -0.05) is 31.0 Å². The standard InChI is InChI=1S/C21H24ClFN2O3S/c1-3-16-6-4-5-11-25(16)29(27,28)17-9-10-20(23)18(13-17)21(26)24-15-8-7-14(2)19(22)12-15/h7-10,12-13,16H,3-6,11H2,1-2H3,(H,24,26)/t16-/m0/s1. The van der Waals surface area contributed by atoms with Crippen molar-refractivity contribution in [3.8, 4) is 0 Å². The highest BCUT2D eigenvalue weighted by Crippen LogP contribution is 2.28. The molecule has 1 aliphatic rings. The van der Waals surface area contributed by atoms with Crippen molar-refractivity contribution in [1.29, 1.82) is 0 Å². The highest BCUT2D eigenvalue weighted by Gasteiger charge is 2.33. The minimum atomic E-state index is -3.82. The van der Waals surface area contributed by atoms with Crippen molar-refractivity contribution in [2.24, 2.45) is 0 Å². The van der Waals surface area contributed by atoms with Crippen molar-refractivity contribution in [1.82, 2.24) is 4.31 Å². The molecule has 156 valence electrons. The Morgan fingerprint density at radius 3 is 2.69 bits per heavy atom. The number of sulfonamides is 1. The van der Waals surface area contributed by atoms with E-state index >= 15 is 0 Å². The summed E-state index contributed by atoms with van der Waals surface area (Å²) in [7, 11) is -3.82. The molecule has 0 spiro atoms. The predicted molar refractivity (Wildman–Crippen MR) is 112 cm³/mol. The molecule has 1 atom stereocenters. The molecule has 3 rings (SSSR count). The van der Waals surface area contributed by atoms with Crippen LogP contribution in [0.25, 0.3) is 0 Å². The van der Waals surface area contributed by atoms with Gasteiger partial charge in [0.1, 0.15) is 5.82 Å². The zero-order chi connectivity index (χ0) is 21.2. The SMILES string of the molecule is CC[C@H]1CCCCN1S(=O)(=O)c1ccc(F)c(C(=O)Nc2ccc(C)c(Cl)c2)c1. The van der Waals surface area contributed by atoms with Crippen LogP contribution in [0, 0.1) is 12.7 Å². The first kappa shape index (κ1) is 21.7. The molecule has 0 aromatic heterocycles. The second-order valence-corrected chi connectivity index (χ2v) is 9.53. The van der Waals surface area contributed by atoms with Gasteiger partial charge in [0.15, 0.2) is 0 Å². The molecule has 2 aromatic rings. The van der Waals surface area contributed by atoms with Gasteiger partial charge in [-0.15, -0.1) is 0 Å². The Morgan fingerprint density at radius 1 is 1.24 bits per heavy atom. The fraction of sp³-hybridized carbons (Fsp3) is 0.381. The van der Waals surface area contributed by atoms with Gasteiger partial charge in [-0.2, -0.15) is 4.31 Å². The first-order chi connectivity index (χ1) is 13.7. The van der Waals surface area contributed by atoms with Gasteiger partial charge in [-0.25, -0.2) is 12.8 Å². The summed E-state index contributed by atoms with van der Waals surface area (Å²) in [6, 6.07) is 8.21. The second kappa shape index (κ2) is 8.81. The van der Waals surface area contributed by atoms with E-state index < -0.39 is 21.7 Å². The minimum Gasteiger partial charge on any atom is -0.322 e. The van der Waals surface area contributed by atoms with Crippen LogP contribution in [0.2, 0.25) is 5.02 Å². The maximum atomic E-state index is 14.3. The Hall–Kier alpha value is -1.96. The van der Waals surface area contributed by atoms with Crippen LogP contribution in [-0.2, 0) is 10.0 Å². The smallest absolute Gasteiger partial charge is 0.258 e. The highest BCUT2D eigenvalue weighted by molar-refractivity contribution is 7.89. The number of hydrogen-bond acceptors (Lipinski definition) is 3. The summed E-state index contributed by atoms with van der Waals surface area (Å²) in [6.45, 7) is 4.21. The fourth-order valence-electron chi connectivity index (χ4n) is 3.54. The van der Waals surface area contributed by atoms with E-state index in [1.165, 1.54) is 10.4 Å². The predicted octanol–water partition coefficient (Wildman–Crippen LogP) is 4.99. The van der Waals surface area contributed by atoms with Gasteiger partial charge in [0.25, 0.3) is 5.91 Å². The van der Waals surface area contributed by atoms with E-state index in [4.69, 9.17) is 11.6 Å². The number of amides is 1. The van der Waals surface area contributed by atoms with Crippen LogP contribution in [0.3, 0.4) is 0 Å². The summed E-state index contributed by atoms with van der Waals surface area (Å²) in [5, 5.41) is 3.04. The number of carbonyl (C=O) groups excluding carboxylic acids is 1. The van der Waals surface area contributed by atoms with Gasteiger partial charge in [-0.3, -0.25) is 4.79 Å². The second-order valence-electron chi connectivity index (χ2n) is 7.23. The van der Waals surface area contributed by atoms with Crippen molar-refractivity contribution in [3.05, 3.63) is 58.4 Å². The van der Waals surface area contributed by atoms with Crippen molar-refractivity contribution in [2.45, 2.75) is 50.5 Å². The molecule has 0 radical (unpaired) electrons. The number of nitrogens with one attached hydrogen (secondary N) is 1. The summed E-state index contributed by atoms with van der Waals surface area (Å²) in [5.74, 6) is -1.52. The largest absolute Gasteiger partial charge is 0.322 e. The molecule has 1 saturated heterocycles. The van der Waals surface area contributed by atoms with Crippen LogP contribution < -0.4 is 5.32 Å². The normalized spacial score (nSPS) is 17.9. The topological polar surface area (TPSA) is 66.5 Å². The zero-order valence-corrected chi connectivity index (χ0v) is 18.0. The molecule has 0 unspecified atom stereocenters. The number of nitrogens with zero attached hydrogens (tertiary/aromatic N) is 1. The number of hydrogen-bond donors (Lipinski definition) is 1. The first-order valence-corrected chi connectivity index (χ1v) is 11.4. The molecule has 1 fully saturated rings. The number of anilines is 1. The van der Waals surface area contributed by atoms with Crippen LogP contribution in [0.5, 0.6) is 0 Å². The molecule has 5 nitrogen and oxygen atoms in total. The lowest BCUT2D eigenvalue weighted by Gasteiger charge is -2.34. The summed E-state index contributed by atoms with van der Waals surface area (Å²) in [6.07, 6.45) is 3.29. The molecule has 29 heavy (non-hydrogen) atoms. The van der Waals surface area contributed by atoms with Gasteiger partial charge in [0.2, 0.25) is 10.0 Å². The van der Waals surface area contributed by atoms with E-state index in [1.54, 1.807) is 18.2 Å². The fourth-order valence-corrected chi connectivity index (χ4v) is 5.52. The third kappa shape index (κ3) is 4.63. The van der Waals surface area contributed by atoms with Crippen LogP contribution in [0.15, 0.2) is 41.3 Å². The monoisotopic (exact) mass is 438 g/mol. The maximum Gasteiger partial charge on any atom is 0.258 e. The number of aryl methyl sites for hydroxylation is 1. The van der Waals surface area contributed by atoms with E-state index in [-0.39, 0.29) is 16.5 Å². The molecule has 1 N–H and O–H groups in total. The molecule has 2 aromatic carbocycles. The third-order valence-electron chi connectivity index (χ3n) is 5.26. The van der Waals surface area contributed by atoms with Crippen molar-refractivity contribution in [2.75, 3.05) is 11.9 Å². The lowest BCUT2D eigenvalue weighted by atomic mass is 10.0. The molecule has 0 bridgehead atoms. The van der Waals surface area contributed by atoms with Crippen LogP contribution in [-0.4, -0.2) is 31.2 Å². The van der Waals surface area contributed by atoms with Crippen molar-refractivity contribution < 1.29 is 17.6 Å². The van der Waals surface area contributed by atoms with E-state index in [0.717, 1.165) is 37.0 Å². The molecular formula is C21H24ClFN2O3S. The number of rotatable bonds is 5. The third-order valence-corrected chi connectivity index (χ3v) is 7.62. The van der Waals surface area contributed by atoms with E-state index in [9.17, 15) is 17.6 Å². The number of benzene rings is 2. The molecule has 1 aliphatic heterocycles. The summed E-state index contributed by atoms with van der Waals surface area (Å²) < 4.78 is 42.1. The van der Waals surface area contributed by atoms with E-state index in [2.05, 4.69) is 5.32 Å². The van der Waals surface area contributed by atoms with Crippen LogP contribution in [0.1, 0.15) is 48.5 Å². The number of piperidine rings is 1. The van der Waals surface area contributed by atoms with Gasteiger partial charge >= 0.3 is 0 Å². The summed E-state index contributed by atoms with van der Waals surface area (Å²) in [4.78, 5) is 12.5. The Balaban J connectivity index is 1.90. The van der Waals surface area contributed by atoms with Gasteiger partial charge in [0.05, 0.1) is 10.5 Å². The molecule has 0 aliphatic carbocycles. The van der Waals surface area contributed by atoms with Crippen molar-refractivity contribution in [3.63, 3.8) is 0 Å². The van der Waals surface area contributed by atoms with Crippen LogP contribution in [0.4, 0.5) is 10.1 Å². The number of carbonyl (C=O) groups is 1. The summed E-state index contributed by atoms with van der Waals surface area (Å²) in [5.41, 5.74) is 0.920. The summed E-state index contributed by atoms with van der Waals surface area (Å²) >= 11 is 6.06. The average Bonchev–Trinajstić information content (AvgIpc) is 2.70. The molecule has 0 saturated carbocycles. The Kier molecular flexibility index (Phi) is 6.61. The zero-order valence-electron chi connectivity index (χ0n) is 16.4. The Bertz CT molecular complexity index is 1030.